The Morgan fingerprint density at radius 3 is 2.74 bits per heavy atom. The van der Waals surface area contributed by atoms with Crippen molar-refractivity contribution in [3.63, 3.8) is 0 Å². The summed E-state index contributed by atoms with van der Waals surface area (Å²) in [5, 5.41) is 10.0. The standard InChI is InChI=1S/C18H12Cl2N2O5S4/c19-9-1-2-11-10(5-9)22(4-3-16(22)31(25,26)27)15(29-11)7-14-21(8-17(23)24)18-12(28-14)6-13(20)30-18/h1-2,5-7,16H,3-4,8H2/p+1. The number of aliphatic carboxylic acids is 1. The van der Waals surface area contributed by atoms with E-state index in [9.17, 15) is 22.9 Å². The van der Waals surface area contributed by atoms with Gasteiger partial charge in [-0.2, -0.15) is 4.57 Å². The Hall–Kier alpha value is -1.18. The molecule has 31 heavy (non-hydrogen) atoms. The molecule has 2 aliphatic rings. The number of carboxylic acids is 1. The van der Waals surface area contributed by atoms with E-state index >= 15 is 0 Å². The molecule has 0 aliphatic carbocycles. The highest BCUT2D eigenvalue weighted by Gasteiger charge is 2.60. The topological polar surface area (TPSA) is 98.4 Å². The molecule has 2 aliphatic heterocycles. The van der Waals surface area contributed by atoms with Crippen LogP contribution in [-0.2, 0) is 21.5 Å². The van der Waals surface area contributed by atoms with Crippen molar-refractivity contribution in [1.29, 1.82) is 0 Å². The minimum Gasteiger partial charge on any atom is -0.743 e. The summed E-state index contributed by atoms with van der Waals surface area (Å²) in [6, 6.07) is 7.02. The minimum atomic E-state index is -4.58. The lowest BCUT2D eigenvalue weighted by molar-refractivity contribution is -0.655. The van der Waals surface area contributed by atoms with Crippen LogP contribution in [0, 0.1) is 0 Å². The Balaban J connectivity index is 1.71. The molecule has 5 rings (SSSR count). The van der Waals surface area contributed by atoms with Crippen LogP contribution in [0.2, 0.25) is 9.36 Å². The van der Waals surface area contributed by atoms with E-state index in [2.05, 4.69) is 0 Å². The number of hydrogen-bond acceptors (Lipinski definition) is 7. The first-order valence-corrected chi connectivity index (χ1v) is 13.6. The van der Waals surface area contributed by atoms with Gasteiger partial charge in [-0.25, -0.2) is 17.7 Å². The second-order valence-electron chi connectivity index (χ2n) is 7.17. The summed E-state index contributed by atoms with van der Waals surface area (Å²) in [5.41, 5.74) is 0.686. The van der Waals surface area contributed by atoms with E-state index in [1.54, 1.807) is 28.8 Å². The van der Waals surface area contributed by atoms with Gasteiger partial charge in [0, 0.05) is 11.1 Å². The van der Waals surface area contributed by atoms with Crippen LogP contribution in [-0.4, -0.2) is 36.0 Å². The monoisotopic (exact) mass is 535 g/mol. The molecule has 0 amide bonds. The number of thioether (sulfide) groups is 1. The molecular weight excluding hydrogens is 523 g/mol. The summed E-state index contributed by atoms with van der Waals surface area (Å²) in [6.07, 6.45) is 2.05. The third-order valence-corrected chi connectivity index (χ3v) is 10.6. The molecule has 2 aromatic heterocycles. The lowest BCUT2D eigenvalue weighted by atomic mass is 10.1. The Morgan fingerprint density at radius 1 is 1.32 bits per heavy atom. The van der Waals surface area contributed by atoms with Gasteiger partial charge in [0.2, 0.25) is 6.54 Å². The predicted molar refractivity (Wildman–Crippen MR) is 123 cm³/mol. The van der Waals surface area contributed by atoms with Crippen LogP contribution in [0.15, 0.2) is 34.2 Å². The molecule has 1 aromatic carbocycles. The molecule has 3 aromatic rings. The highest BCUT2D eigenvalue weighted by atomic mass is 35.5. The van der Waals surface area contributed by atoms with Gasteiger partial charge in [-0.05, 0) is 30.0 Å². The number of benzene rings is 1. The fourth-order valence-corrected chi connectivity index (χ4v) is 9.51. The molecule has 7 nitrogen and oxygen atoms in total. The number of quaternary nitrogens is 1. The van der Waals surface area contributed by atoms with E-state index in [1.807, 2.05) is 6.07 Å². The van der Waals surface area contributed by atoms with E-state index in [1.165, 1.54) is 34.4 Å². The number of rotatable bonds is 4. The van der Waals surface area contributed by atoms with E-state index in [0.29, 0.717) is 31.6 Å². The number of thiazole rings is 1. The van der Waals surface area contributed by atoms with Crippen LogP contribution < -0.4 is 9.05 Å². The number of fused-ring (bicyclic) bond motifs is 3. The Morgan fingerprint density at radius 2 is 2.10 bits per heavy atom. The van der Waals surface area contributed by atoms with Crippen molar-refractivity contribution in [2.45, 2.75) is 23.2 Å². The number of thiophene rings is 1. The Labute approximate surface area is 199 Å². The van der Waals surface area contributed by atoms with Gasteiger partial charge in [-0.3, -0.25) is 0 Å². The molecule has 162 valence electrons. The summed E-state index contributed by atoms with van der Waals surface area (Å²) in [4.78, 5) is 13.1. The molecule has 4 heterocycles. The largest absolute Gasteiger partial charge is 0.743 e. The van der Waals surface area contributed by atoms with Crippen LogP contribution in [0.4, 0.5) is 5.69 Å². The molecule has 0 radical (unpaired) electrons. The molecule has 13 heteroatoms. The van der Waals surface area contributed by atoms with Crippen LogP contribution in [0.25, 0.3) is 15.6 Å². The van der Waals surface area contributed by atoms with Gasteiger partial charge in [0.05, 0.1) is 23.9 Å². The third kappa shape index (κ3) is 3.42. The second kappa shape index (κ2) is 7.42. The number of halogens is 2. The normalized spacial score (nSPS) is 24.1. The lowest BCUT2D eigenvalue weighted by Gasteiger charge is -2.49. The average Bonchev–Trinajstić information content (AvgIpc) is 3.23. The zero-order valence-electron chi connectivity index (χ0n) is 15.4. The molecule has 2 atom stereocenters. The third-order valence-electron chi connectivity index (χ3n) is 5.43. The Bertz CT molecular complexity index is 1400. The van der Waals surface area contributed by atoms with Gasteiger partial charge < -0.3 is 9.66 Å². The SMILES string of the molecule is O=C(O)C[n+]1c(C=C2Sc3ccc(Cl)cc3[N+]23CCC3S(=O)(=O)[O-])sc2cc(Cl)sc21. The smallest absolute Gasteiger partial charge is 0.370 e. The maximum absolute atomic E-state index is 12.1. The first-order valence-electron chi connectivity index (χ1n) is 8.96. The van der Waals surface area contributed by atoms with Gasteiger partial charge in [0.15, 0.2) is 26.2 Å². The highest BCUT2D eigenvalue weighted by Crippen LogP contribution is 2.58. The summed E-state index contributed by atoms with van der Waals surface area (Å²) >= 11 is 16.3. The number of aromatic nitrogens is 1. The summed E-state index contributed by atoms with van der Waals surface area (Å²) in [6.45, 7) is 0.186. The van der Waals surface area contributed by atoms with Gasteiger partial charge >= 0.3 is 5.97 Å². The fraction of sp³-hybridized carbons (Fsp3) is 0.222. The zero-order chi connectivity index (χ0) is 22.1. The molecule has 0 bridgehead atoms. The molecule has 1 saturated heterocycles. The number of hydrogen-bond donors (Lipinski definition) is 1. The van der Waals surface area contributed by atoms with Gasteiger partial charge in [-0.15, -0.1) is 0 Å². The first kappa shape index (κ1) is 21.7. The van der Waals surface area contributed by atoms with Gasteiger partial charge in [0.25, 0.3) is 9.84 Å². The second-order valence-corrected chi connectivity index (χ2v) is 12.9. The van der Waals surface area contributed by atoms with E-state index in [-0.39, 0.29) is 17.4 Å². The van der Waals surface area contributed by atoms with Crippen molar-refractivity contribution in [3.05, 3.63) is 43.7 Å². The quantitative estimate of drug-likeness (QED) is 0.303. The average molecular weight is 536 g/mol. The molecule has 1 spiro atoms. The predicted octanol–water partition coefficient (Wildman–Crippen LogP) is 4.33. The van der Waals surface area contributed by atoms with Crippen LogP contribution in [0.1, 0.15) is 11.4 Å². The van der Waals surface area contributed by atoms with Crippen molar-refractivity contribution >= 4 is 95.0 Å². The summed E-state index contributed by atoms with van der Waals surface area (Å²) < 4.78 is 39.2. The maximum atomic E-state index is 12.1. The molecular formula is C18H13Cl2N2O5S4+. The Kier molecular flexibility index (Phi) is 5.18. The zero-order valence-corrected chi connectivity index (χ0v) is 20.2. The van der Waals surface area contributed by atoms with Crippen LogP contribution >= 0.6 is 57.6 Å². The van der Waals surface area contributed by atoms with Crippen molar-refractivity contribution in [3.8, 4) is 0 Å². The van der Waals surface area contributed by atoms with Gasteiger partial charge in [0.1, 0.15) is 9.04 Å². The van der Waals surface area contributed by atoms with E-state index < -0.39 is 21.5 Å². The lowest BCUT2D eigenvalue weighted by Crippen LogP contribution is -2.66. The maximum Gasteiger partial charge on any atom is 0.370 e. The van der Waals surface area contributed by atoms with Crippen molar-refractivity contribution < 1.29 is 27.4 Å². The van der Waals surface area contributed by atoms with Crippen LogP contribution in [0.5, 0.6) is 0 Å². The minimum absolute atomic E-state index is 0.105. The first-order chi connectivity index (χ1) is 14.6. The molecule has 1 fully saturated rings. The van der Waals surface area contributed by atoms with Crippen molar-refractivity contribution in [2.75, 3.05) is 6.54 Å². The highest BCUT2D eigenvalue weighted by molar-refractivity contribution is 8.03. The van der Waals surface area contributed by atoms with Crippen molar-refractivity contribution in [1.82, 2.24) is 4.48 Å². The van der Waals surface area contributed by atoms with E-state index in [4.69, 9.17) is 23.2 Å². The van der Waals surface area contributed by atoms with Gasteiger partial charge in [-0.1, -0.05) is 45.9 Å². The van der Waals surface area contributed by atoms with Crippen molar-refractivity contribution in [2.24, 2.45) is 0 Å². The number of carbonyl (C=O) groups is 1. The van der Waals surface area contributed by atoms with E-state index in [0.717, 1.165) is 14.4 Å². The van der Waals surface area contributed by atoms with Crippen LogP contribution in [0.3, 0.4) is 0 Å². The molecule has 2 unspecified atom stereocenters. The molecule has 0 saturated carbocycles. The number of nitrogens with zero attached hydrogens (tertiary/aromatic N) is 2. The summed E-state index contributed by atoms with van der Waals surface area (Å²) in [5.74, 6) is -1.00. The number of carboxylic acid groups (broad SMARTS) is 1. The fourth-order valence-electron chi connectivity index (χ4n) is 4.10. The molecule has 1 N–H and O–H groups in total. The summed E-state index contributed by atoms with van der Waals surface area (Å²) in [7, 11) is -4.58.